The molecular weight excluding hydrogens is 591 g/mol. The molecule has 0 unspecified atom stereocenters. The molecular formula is C30H21N5O2S4. The fourth-order valence-electron chi connectivity index (χ4n) is 4.47. The van der Waals surface area contributed by atoms with E-state index in [0.29, 0.717) is 9.70 Å². The summed E-state index contributed by atoms with van der Waals surface area (Å²) < 4.78 is 12.1. The first-order valence-corrected chi connectivity index (χ1v) is 14.8. The quantitative estimate of drug-likeness (QED) is 0.0795. The summed E-state index contributed by atoms with van der Waals surface area (Å²) in [7, 11) is 0. The second kappa shape index (κ2) is 11.7. The van der Waals surface area contributed by atoms with Crippen molar-refractivity contribution in [3.63, 3.8) is 0 Å². The van der Waals surface area contributed by atoms with Gasteiger partial charge in [-0.3, -0.25) is 0 Å². The van der Waals surface area contributed by atoms with Gasteiger partial charge < -0.3 is 20.3 Å². The molecule has 202 valence electrons. The molecule has 6 aromatic rings. The molecule has 0 saturated carbocycles. The molecule has 11 heteroatoms. The van der Waals surface area contributed by atoms with E-state index in [1.807, 2.05) is 103 Å². The molecule has 0 radical (unpaired) electrons. The van der Waals surface area contributed by atoms with Crippen LogP contribution in [0.25, 0.3) is 10.2 Å². The van der Waals surface area contributed by atoms with Gasteiger partial charge in [-0.1, -0.05) is 102 Å². The molecule has 0 aliphatic heterocycles. The standard InChI is InChI=1S/C30H21N5O2S4/c31-28-33-26(35-41-28)25(27(38)36-22-17-10-18-23-24(22)32-29(39)40-23)34-37-30(19-11-4-1-5-12-19,20-13-6-2-7-14-20)21-15-8-3-9-16-21/h1-18H,(H,32,39)(H2,31,33,35). The third kappa shape index (κ3) is 5.40. The molecule has 6 rings (SSSR count). The van der Waals surface area contributed by atoms with Gasteiger partial charge in [0.15, 0.2) is 14.8 Å². The largest absolute Gasteiger partial charge is 0.441 e. The van der Waals surface area contributed by atoms with E-state index in [1.165, 1.54) is 11.3 Å². The highest BCUT2D eigenvalue weighted by molar-refractivity contribution is 7.81. The van der Waals surface area contributed by atoms with Crippen LogP contribution in [0.15, 0.2) is 114 Å². The van der Waals surface area contributed by atoms with Crippen molar-refractivity contribution in [1.82, 2.24) is 14.3 Å². The predicted molar refractivity (Wildman–Crippen MR) is 171 cm³/mol. The summed E-state index contributed by atoms with van der Waals surface area (Å²) >= 11 is 13.6. The van der Waals surface area contributed by atoms with E-state index in [1.54, 1.807) is 6.07 Å². The van der Waals surface area contributed by atoms with Crippen molar-refractivity contribution in [2.24, 2.45) is 5.16 Å². The first-order chi connectivity index (χ1) is 20.0. The van der Waals surface area contributed by atoms with E-state index in [9.17, 15) is 0 Å². The highest BCUT2D eigenvalue weighted by Gasteiger charge is 2.40. The Kier molecular flexibility index (Phi) is 7.66. The van der Waals surface area contributed by atoms with Crippen LogP contribution in [-0.2, 0) is 10.4 Å². The molecule has 4 aromatic carbocycles. The lowest BCUT2D eigenvalue weighted by molar-refractivity contribution is 0.0176. The fourth-order valence-corrected chi connectivity index (χ4v) is 6.25. The molecule has 0 amide bonds. The third-order valence-corrected chi connectivity index (χ3v) is 8.30. The first-order valence-electron chi connectivity index (χ1n) is 12.4. The summed E-state index contributed by atoms with van der Waals surface area (Å²) in [5.74, 6) is 0.696. The Bertz CT molecular complexity index is 1800. The van der Waals surface area contributed by atoms with Crippen molar-refractivity contribution in [3.05, 3.63) is 136 Å². The third-order valence-electron chi connectivity index (χ3n) is 6.28. The topological polar surface area (TPSA) is 98.4 Å². The molecule has 41 heavy (non-hydrogen) atoms. The Morgan fingerprint density at radius 3 is 1.95 bits per heavy atom. The number of hydrogen-bond acceptors (Lipinski definition) is 10. The lowest BCUT2D eigenvalue weighted by Gasteiger charge is -2.33. The van der Waals surface area contributed by atoms with Crippen LogP contribution in [0.5, 0.6) is 5.75 Å². The van der Waals surface area contributed by atoms with Crippen LogP contribution in [0.2, 0.25) is 0 Å². The first kappa shape index (κ1) is 26.9. The summed E-state index contributed by atoms with van der Waals surface area (Å²) in [6, 6.07) is 35.3. The van der Waals surface area contributed by atoms with Gasteiger partial charge in [-0.2, -0.15) is 9.36 Å². The van der Waals surface area contributed by atoms with Gasteiger partial charge in [0.25, 0.3) is 0 Å². The number of benzene rings is 4. The number of para-hydroxylation sites is 1. The van der Waals surface area contributed by atoms with E-state index >= 15 is 0 Å². The van der Waals surface area contributed by atoms with E-state index in [-0.39, 0.29) is 21.7 Å². The Morgan fingerprint density at radius 2 is 1.41 bits per heavy atom. The van der Waals surface area contributed by atoms with Crippen LogP contribution >= 0.6 is 47.3 Å². The number of aromatic nitrogens is 3. The van der Waals surface area contributed by atoms with Gasteiger partial charge >= 0.3 is 0 Å². The number of nitrogens with one attached hydrogen (secondary N) is 1. The Balaban J connectivity index is 1.50. The highest BCUT2D eigenvalue weighted by Crippen LogP contribution is 2.41. The Labute approximate surface area is 254 Å². The minimum Gasteiger partial charge on any atom is -0.441 e. The lowest BCUT2D eigenvalue weighted by atomic mass is 9.80. The number of nitrogens with zero attached hydrogens (tertiary/aromatic N) is 3. The minimum atomic E-state index is -1.13. The summed E-state index contributed by atoms with van der Waals surface area (Å²) in [6.07, 6.45) is 0. The molecule has 0 fully saturated rings. The van der Waals surface area contributed by atoms with Crippen molar-refractivity contribution in [3.8, 4) is 5.75 Å². The number of thiocarbonyl (C=S) groups is 1. The van der Waals surface area contributed by atoms with Crippen LogP contribution in [0.1, 0.15) is 22.5 Å². The molecule has 7 nitrogen and oxygen atoms in total. The van der Waals surface area contributed by atoms with Gasteiger partial charge in [0.2, 0.25) is 22.2 Å². The lowest BCUT2D eigenvalue weighted by Crippen LogP contribution is -2.32. The van der Waals surface area contributed by atoms with Gasteiger partial charge in [0.05, 0.1) is 4.70 Å². The molecule has 2 aromatic heterocycles. The van der Waals surface area contributed by atoms with Crippen molar-refractivity contribution >= 4 is 73.4 Å². The van der Waals surface area contributed by atoms with Crippen LogP contribution in [-0.4, -0.2) is 25.1 Å². The van der Waals surface area contributed by atoms with Crippen LogP contribution in [0.4, 0.5) is 5.13 Å². The van der Waals surface area contributed by atoms with Gasteiger partial charge in [-0.15, -0.1) is 11.3 Å². The van der Waals surface area contributed by atoms with Gasteiger partial charge in [0.1, 0.15) is 5.52 Å². The summed E-state index contributed by atoms with van der Waals surface area (Å²) in [5.41, 5.74) is 8.29. The van der Waals surface area contributed by atoms with Crippen LogP contribution < -0.4 is 10.5 Å². The van der Waals surface area contributed by atoms with E-state index < -0.39 is 5.60 Å². The maximum absolute atomic E-state index is 6.65. The number of nitrogen functional groups attached to an aromatic ring is 1. The number of nitrogens with two attached hydrogens (primary N) is 1. The number of rotatable bonds is 8. The average molecular weight is 612 g/mol. The summed E-state index contributed by atoms with van der Waals surface area (Å²) in [4.78, 5) is 14.2. The van der Waals surface area contributed by atoms with Crippen molar-refractivity contribution in [2.45, 2.75) is 5.60 Å². The van der Waals surface area contributed by atoms with Gasteiger partial charge in [-0.05, 0) is 36.6 Å². The van der Waals surface area contributed by atoms with E-state index in [0.717, 1.165) is 38.4 Å². The molecule has 0 atom stereocenters. The van der Waals surface area contributed by atoms with Crippen LogP contribution in [0.3, 0.4) is 0 Å². The maximum atomic E-state index is 6.65. The number of hydrogen-bond donors (Lipinski definition) is 2. The second-order valence-electron chi connectivity index (χ2n) is 8.80. The molecule has 0 bridgehead atoms. The number of thiazole rings is 1. The number of oxime groups is 1. The number of anilines is 1. The van der Waals surface area contributed by atoms with Crippen molar-refractivity contribution < 1.29 is 9.57 Å². The van der Waals surface area contributed by atoms with Gasteiger partial charge in [0, 0.05) is 28.2 Å². The maximum Gasteiger partial charge on any atom is 0.224 e. The minimum absolute atomic E-state index is 0.0175. The van der Waals surface area contributed by atoms with Crippen molar-refractivity contribution in [2.75, 3.05) is 5.73 Å². The Hall–Kier alpha value is -4.29. The van der Waals surface area contributed by atoms with Crippen molar-refractivity contribution in [1.29, 1.82) is 0 Å². The summed E-state index contributed by atoms with van der Waals surface area (Å²) in [6.45, 7) is 0. The van der Waals surface area contributed by atoms with Crippen LogP contribution in [0, 0.1) is 3.95 Å². The monoisotopic (exact) mass is 611 g/mol. The fraction of sp³-hybridized carbons (Fsp3) is 0.0333. The molecule has 0 aliphatic rings. The van der Waals surface area contributed by atoms with E-state index in [4.69, 9.17) is 39.7 Å². The zero-order chi connectivity index (χ0) is 28.2. The second-order valence-corrected chi connectivity index (χ2v) is 11.7. The predicted octanol–water partition coefficient (Wildman–Crippen LogP) is 7.51. The number of aromatic amines is 1. The Morgan fingerprint density at radius 1 is 0.829 bits per heavy atom. The number of H-pyrrole nitrogens is 1. The SMILES string of the molecule is Nc1nc(C(=NOC(c2ccccc2)(c2ccccc2)c2ccccc2)C(=S)Oc2cccc3sc(=S)[nH]c23)ns1. The molecule has 0 aliphatic carbocycles. The molecule has 0 saturated heterocycles. The summed E-state index contributed by atoms with van der Waals surface area (Å²) in [5, 5.41) is 4.92. The smallest absolute Gasteiger partial charge is 0.224 e. The highest BCUT2D eigenvalue weighted by atomic mass is 32.1. The average Bonchev–Trinajstić information content (AvgIpc) is 3.62. The van der Waals surface area contributed by atoms with E-state index in [2.05, 4.69) is 19.5 Å². The number of ether oxygens (including phenoxy) is 1. The van der Waals surface area contributed by atoms with Gasteiger partial charge in [-0.25, -0.2) is 0 Å². The zero-order valence-corrected chi connectivity index (χ0v) is 24.5. The molecule has 3 N–H and O–H groups in total. The molecule has 2 heterocycles. The number of fused-ring (bicyclic) bond motifs is 1. The molecule has 0 spiro atoms. The zero-order valence-electron chi connectivity index (χ0n) is 21.3. The normalized spacial score (nSPS) is 11.9.